The van der Waals surface area contributed by atoms with E-state index < -0.39 is 0 Å². The van der Waals surface area contributed by atoms with E-state index in [1.54, 1.807) is 0 Å². The number of anilines is 1. The molecule has 8 heteroatoms. The molecule has 0 atom stereocenters. The molecule has 2 aromatic carbocycles. The van der Waals surface area contributed by atoms with Crippen molar-refractivity contribution in [3.05, 3.63) is 71.1 Å². The van der Waals surface area contributed by atoms with Gasteiger partial charge in [-0.2, -0.15) is 0 Å². The Hall–Kier alpha value is -3.16. The van der Waals surface area contributed by atoms with Crippen LogP contribution >= 0.6 is 11.6 Å². The molecule has 4 aromatic rings. The van der Waals surface area contributed by atoms with Gasteiger partial charge in [0.05, 0.1) is 36.6 Å². The number of aromatic nitrogens is 4. The van der Waals surface area contributed by atoms with Gasteiger partial charge in [-0.1, -0.05) is 29.8 Å². The van der Waals surface area contributed by atoms with Gasteiger partial charge in [0.25, 0.3) is 0 Å². The third-order valence-corrected chi connectivity index (χ3v) is 5.56. The summed E-state index contributed by atoms with van der Waals surface area (Å²) >= 11 is 5.75. The highest BCUT2D eigenvalue weighted by Gasteiger charge is 2.19. The number of hydrogen-bond acceptors (Lipinski definition) is 6. The molecule has 1 N–H and O–H groups in total. The minimum atomic E-state index is 0.333. The first kappa shape index (κ1) is 19.8. The standard InChI is InChI=1S/C23H22ClN5O2/c1-29-20-9-16(8-17-13-30-14-17)4-7-19(20)28-23(29)27-10-15-2-5-18(6-3-15)31-22-12-25-21(24)11-26-22/h2-7,9,11-12,17H,8,10,13-14H2,1H3,(H,27,28). The fourth-order valence-electron chi connectivity index (χ4n) is 3.59. The lowest BCUT2D eigenvalue weighted by Crippen LogP contribution is -2.29. The van der Waals surface area contributed by atoms with Gasteiger partial charge >= 0.3 is 0 Å². The molecule has 5 rings (SSSR count). The van der Waals surface area contributed by atoms with E-state index in [2.05, 4.69) is 38.1 Å². The number of ether oxygens (including phenoxy) is 2. The number of nitrogens with zero attached hydrogens (tertiary/aromatic N) is 4. The molecule has 0 bridgehead atoms. The van der Waals surface area contributed by atoms with Crippen LogP contribution in [0.2, 0.25) is 5.15 Å². The first-order valence-electron chi connectivity index (χ1n) is 10.2. The fourth-order valence-corrected chi connectivity index (χ4v) is 3.68. The summed E-state index contributed by atoms with van der Waals surface area (Å²) in [6.07, 6.45) is 4.01. The number of halogens is 1. The maximum Gasteiger partial charge on any atom is 0.237 e. The van der Waals surface area contributed by atoms with Gasteiger partial charge in [0, 0.05) is 19.5 Å². The van der Waals surface area contributed by atoms with Crippen molar-refractivity contribution in [1.29, 1.82) is 0 Å². The summed E-state index contributed by atoms with van der Waals surface area (Å²) in [6, 6.07) is 14.3. The highest BCUT2D eigenvalue weighted by atomic mass is 35.5. The van der Waals surface area contributed by atoms with Crippen LogP contribution in [-0.2, 0) is 24.8 Å². The van der Waals surface area contributed by atoms with Gasteiger partial charge in [-0.15, -0.1) is 0 Å². The Morgan fingerprint density at radius 1 is 1.10 bits per heavy atom. The molecule has 158 valence electrons. The molecule has 0 saturated carbocycles. The molecule has 0 unspecified atom stereocenters. The summed E-state index contributed by atoms with van der Waals surface area (Å²) in [5, 5.41) is 3.76. The maximum absolute atomic E-state index is 5.75. The van der Waals surface area contributed by atoms with E-state index in [1.165, 1.54) is 18.0 Å². The Balaban J connectivity index is 1.23. The largest absolute Gasteiger partial charge is 0.438 e. The van der Waals surface area contributed by atoms with Gasteiger partial charge in [0.15, 0.2) is 0 Å². The summed E-state index contributed by atoms with van der Waals surface area (Å²) in [5.74, 6) is 2.57. The molecule has 2 aromatic heterocycles. The molecule has 3 heterocycles. The van der Waals surface area contributed by atoms with E-state index in [9.17, 15) is 0 Å². The summed E-state index contributed by atoms with van der Waals surface area (Å²) in [6.45, 7) is 2.39. The third kappa shape index (κ3) is 4.47. The van der Waals surface area contributed by atoms with Gasteiger partial charge < -0.3 is 19.4 Å². The van der Waals surface area contributed by atoms with Crippen molar-refractivity contribution >= 4 is 28.6 Å². The lowest BCUT2D eigenvalue weighted by Gasteiger charge is -2.25. The topological polar surface area (TPSA) is 74.1 Å². The zero-order chi connectivity index (χ0) is 21.2. The SMILES string of the molecule is Cn1c(NCc2ccc(Oc3cnc(Cl)cn3)cc2)nc2ccc(CC3COC3)cc21. The normalized spacial score (nSPS) is 13.9. The molecule has 31 heavy (non-hydrogen) atoms. The predicted octanol–water partition coefficient (Wildman–Crippen LogP) is 4.61. The maximum atomic E-state index is 5.75. The van der Waals surface area contributed by atoms with Crippen LogP contribution in [0.1, 0.15) is 11.1 Å². The summed E-state index contributed by atoms with van der Waals surface area (Å²) < 4.78 is 13.1. The van der Waals surface area contributed by atoms with Crippen molar-refractivity contribution in [2.45, 2.75) is 13.0 Å². The van der Waals surface area contributed by atoms with Gasteiger partial charge in [0.2, 0.25) is 11.8 Å². The molecule has 7 nitrogen and oxygen atoms in total. The molecule has 0 amide bonds. The lowest BCUT2D eigenvalue weighted by atomic mass is 9.98. The van der Waals surface area contributed by atoms with E-state index >= 15 is 0 Å². The Bertz CT molecular complexity index is 1190. The first-order chi connectivity index (χ1) is 15.1. The molecule has 1 aliphatic heterocycles. The number of hydrogen-bond donors (Lipinski definition) is 1. The number of fused-ring (bicyclic) bond motifs is 1. The quantitative estimate of drug-likeness (QED) is 0.457. The minimum Gasteiger partial charge on any atom is -0.438 e. The monoisotopic (exact) mass is 435 g/mol. The van der Waals surface area contributed by atoms with E-state index in [0.29, 0.717) is 29.2 Å². The molecular formula is C23H22ClN5O2. The molecule has 0 spiro atoms. The van der Waals surface area contributed by atoms with Gasteiger partial charge in [-0.25, -0.2) is 15.0 Å². The zero-order valence-electron chi connectivity index (χ0n) is 17.1. The number of imidazole rings is 1. The van der Waals surface area contributed by atoms with Crippen molar-refractivity contribution in [1.82, 2.24) is 19.5 Å². The average Bonchev–Trinajstić information content (AvgIpc) is 3.07. The molecule has 1 saturated heterocycles. The molecule has 1 aliphatic rings. The van der Waals surface area contributed by atoms with Crippen LogP contribution in [-0.4, -0.2) is 32.7 Å². The highest BCUT2D eigenvalue weighted by Crippen LogP contribution is 2.24. The van der Waals surface area contributed by atoms with Crippen molar-refractivity contribution in [3.63, 3.8) is 0 Å². The van der Waals surface area contributed by atoms with Crippen LogP contribution in [0.25, 0.3) is 11.0 Å². The molecule has 0 aliphatic carbocycles. The van der Waals surface area contributed by atoms with Gasteiger partial charge in [-0.3, -0.25) is 0 Å². The Kier molecular flexibility index (Phi) is 5.44. The highest BCUT2D eigenvalue weighted by molar-refractivity contribution is 6.29. The van der Waals surface area contributed by atoms with Crippen LogP contribution < -0.4 is 10.1 Å². The number of aryl methyl sites for hydroxylation is 1. The van der Waals surface area contributed by atoms with Crippen LogP contribution in [0.4, 0.5) is 5.95 Å². The summed E-state index contributed by atoms with van der Waals surface area (Å²) in [4.78, 5) is 12.8. The number of benzene rings is 2. The van der Waals surface area contributed by atoms with E-state index in [4.69, 9.17) is 26.1 Å². The van der Waals surface area contributed by atoms with E-state index in [0.717, 1.165) is 42.2 Å². The fraction of sp³-hybridized carbons (Fsp3) is 0.261. The van der Waals surface area contributed by atoms with Crippen LogP contribution in [0.5, 0.6) is 11.6 Å². The molecule has 1 fully saturated rings. The average molecular weight is 436 g/mol. The van der Waals surface area contributed by atoms with Crippen molar-refractivity contribution in [3.8, 4) is 11.6 Å². The number of rotatable bonds is 7. The minimum absolute atomic E-state index is 0.333. The third-order valence-electron chi connectivity index (χ3n) is 5.37. The van der Waals surface area contributed by atoms with Crippen molar-refractivity contribution < 1.29 is 9.47 Å². The predicted molar refractivity (Wildman–Crippen MR) is 120 cm³/mol. The first-order valence-corrected chi connectivity index (χ1v) is 10.5. The smallest absolute Gasteiger partial charge is 0.237 e. The zero-order valence-corrected chi connectivity index (χ0v) is 17.8. The molecular weight excluding hydrogens is 414 g/mol. The van der Waals surface area contributed by atoms with Gasteiger partial charge in [-0.05, 0) is 41.8 Å². The van der Waals surface area contributed by atoms with Crippen LogP contribution in [0.3, 0.4) is 0 Å². The Morgan fingerprint density at radius 3 is 2.61 bits per heavy atom. The summed E-state index contributed by atoms with van der Waals surface area (Å²) in [5.41, 5.74) is 4.57. The lowest BCUT2D eigenvalue weighted by molar-refractivity contribution is -0.0312. The van der Waals surface area contributed by atoms with Crippen LogP contribution in [0.15, 0.2) is 54.9 Å². The number of nitrogens with one attached hydrogen (secondary N) is 1. The second kappa shape index (κ2) is 8.53. The second-order valence-electron chi connectivity index (χ2n) is 7.70. The Morgan fingerprint density at radius 2 is 1.90 bits per heavy atom. The van der Waals surface area contributed by atoms with Crippen LogP contribution in [0, 0.1) is 5.92 Å². The second-order valence-corrected chi connectivity index (χ2v) is 8.09. The van der Waals surface area contributed by atoms with Crippen molar-refractivity contribution in [2.75, 3.05) is 18.5 Å². The summed E-state index contributed by atoms with van der Waals surface area (Å²) in [7, 11) is 2.04. The Labute approximate surface area is 185 Å². The molecule has 0 radical (unpaired) electrons. The van der Waals surface area contributed by atoms with Gasteiger partial charge in [0.1, 0.15) is 10.9 Å². The van der Waals surface area contributed by atoms with E-state index in [1.807, 2.05) is 31.3 Å². The van der Waals surface area contributed by atoms with E-state index in [-0.39, 0.29) is 0 Å². The van der Waals surface area contributed by atoms with Crippen molar-refractivity contribution in [2.24, 2.45) is 13.0 Å².